The monoisotopic (exact) mass is 306 g/mol. The molecule has 1 N–H and O–H groups in total. The van der Waals surface area contributed by atoms with Gasteiger partial charge >= 0.3 is 0 Å². The van der Waals surface area contributed by atoms with Gasteiger partial charge in [0.2, 0.25) is 0 Å². The van der Waals surface area contributed by atoms with Crippen LogP contribution in [0.4, 0.5) is 0 Å². The first kappa shape index (κ1) is 14.6. The van der Waals surface area contributed by atoms with E-state index < -0.39 is 6.10 Å². The van der Waals surface area contributed by atoms with Crippen LogP contribution in [0.5, 0.6) is 0 Å². The third-order valence-corrected chi connectivity index (χ3v) is 4.33. The summed E-state index contributed by atoms with van der Waals surface area (Å²) in [6, 6.07) is 6.19. The molecule has 0 amide bonds. The molecular formula is C16H19ClN2O2. The Labute approximate surface area is 129 Å². The van der Waals surface area contributed by atoms with Gasteiger partial charge in [-0.15, -0.1) is 0 Å². The van der Waals surface area contributed by atoms with Crippen LogP contribution < -0.4 is 0 Å². The van der Waals surface area contributed by atoms with Crippen LogP contribution in [-0.2, 0) is 24.1 Å². The highest BCUT2D eigenvalue weighted by Gasteiger charge is 2.21. The van der Waals surface area contributed by atoms with Gasteiger partial charge in [-0.3, -0.25) is 4.68 Å². The Kier molecular flexibility index (Phi) is 4.29. The summed E-state index contributed by atoms with van der Waals surface area (Å²) in [5, 5.41) is 15.4. The minimum absolute atomic E-state index is 0.485. The summed E-state index contributed by atoms with van der Waals surface area (Å²) in [5.74, 6) is 0. The van der Waals surface area contributed by atoms with Crippen molar-refractivity contribution >= 4 is 11.6 Å². The molecule has 21 heavy (non-hydrogen) atoms. The Hall–Kier alpha value is -1.36. The summed E-state index contributed by atoms with van der Waals surface area (Å²) < 4.78 is 6.78. The fourth-order valence-corrected chi connectivity index (χ4v) is 3.16. The van der Waals surface area contributed by atoms with E-state index in [-0.39, 0.29) is 0 Å². The minimum atomic E-state index is -0.761. The highest BCUT2D eigenvalue weighted by molar-refractivity contribution is 6.31. The molecule has 0 saturated heterocycles. The van der Waals surface area contributed by atoms with Gasteiger partial charge < -0.3 is 9.84 Å². The molecule has 3 rings (SSSR count). The molecule has 0 saturated carbocycles. The topological polar surface area (TPSA) is 47.3 Å². The number of benzene rings is 1. The highest BCUT2D eigenvalue weighted by atomic mass is 35.5. The fraction of sp³-hybridized carbons (Fsp3) is 0.438. The summed E-state index contributed by atoms with van der Waals surface area (Å²) in [7, 11) is 1.64. The smallest absolute Gasteiger partial charge is 0.122 e. The van der Waals surface area contributed by atoms with E-state index in [2.05, 4.69) is 17.2 Å². The van der Waals surface area contributed by atoms with Crippen LogP contribution in [0.3, 0.4) is 0 Å². The van der Waals surface area contributed by atoms with Gasteiger partial charge in [-0.1, -0.05) is 29.8 Å². The second-order valence-corrected chi connectivity index (χ2v) is 5.79. The molecule has 0 fully saturated rings. The SMILES string of the molecule is COCCn1ncc(Cl)c1C(O)c1ccc2c(c1)CCC2. The lowest BCUT2D eigenvalue weighted by Gasteiger charge is -2.15. The number of aryl methyl sites for hydroxylation is 2. The van der Waals surface area contributed by atoms with E-state index in [0.29, 0.717) is 23.9 Å². The Morgan fingerprint density at radius 3 is 3.00 bits per heavy atom. The fourth-order valence-electron chi connectivity index (χ4n) is 2.92. The molecule has 1 atom stereocenters. The van der Waals surface area contributed by atoms with E-state index >= 15 is 0 Å². The quantitative estimate of drug-likeness (QED) is 0.924. The zero-order chi connectivity index (χ0) is 14.8. The lowest BCUT2D eigenvalue weighted by atomic mass is 10.0. The maximum atomic E-state index is 10.7. The second kappa shape index (κ2) is 6.18. The number of aliphatic hydroxyl groups excluding tert-OH is 1. The average Bonchev–Trinajstić information content (AvgIpc) is 3.10. The van der Waals surface area contributed by atoms with Crippen LogP contribution >= 0.6 is 11.6 Å². The van der Waals surface area contributed by atoms with Gasteiger partial charge in [0.1, 0.15) is 6.10 Å². The molecule has 0 bridgehead atoms. The lowest BCUT2D eigenvalue weighted by Crippen LogP contribution is -2.13. The minimum Gasteiger partial charge on any atom is -0.383 e. The zero-order valence-corrected chi connectivity index (χ0v) is 12.8. The maximum absolute atomic E-state index is 10.7. The molecule has 2 aromatic rings. The van der Waals surface area contributed by atoms with Crippen molar-refractivity contribution in [3.63, 3.8) is 0 Å². The summed E-state index contributed by atoms with van der Waals surface area (Å²) in [6.45, 7) is 1.10. The first-order valence-corrected chi connectivity index (χ1v) is 7.58. The lowest BCUT2D eigenvalue weighted by molar-refractivity contribution is 0.171. The largest absolute Gasteiger partial charge is 0.383 e. The molecule has 1 aliphatic carbocycles. The Bertz CT molecular complexity index is 639. The summed E-state index contributed by atoms with van der Waals surface area (Å²) in [4.78, 5) is 0. The number of nitrogens with zero attached hydrogens (tertiary/aromatic N) is 2. The van der Waals surface area contributed by atoms with Crippen LogP contribution in [0.1, 0.15) is 34.9 Å². The van der Waals surface area contributed by atoms with Crippen molar-refractivity contribution in [1.82, 2.24) is 9.78 Å². The van der Waals surface area contributed by atoms with Crippen molar-refractivity contribution in [3.8, 4) is 0 Å². The van der Waals surface area contributed by atoms with E-state index in [1.54, 1.807) is 18.0 Å². The van der Waals surface area contributed by atoms with E-state index in [1.165, 1.54) is 17.5 Å². The molecule has 0 spiro atoms. The third kappa shape index (κ3) is 2.84. The Morgan fingerprint density at radius 2 is 2.19 bits per heavy atom. The van der Waals surface area contributed by atoms with Gasteiger partial charge in [-0.2, -0.15) is 5.10 Å². The number of ether oxygens (including phenoxy) is 1. The number of halogens is 1. The summed E-state index contributed by atoms with van der Waals surface area (Å²) in [5.41, 5.74) is 4.24. The third-order valence-electron chi connectivity index (χ3n) is 4.04. The van der Waals surface area contributed by atoms with Crippen LogP contribution in [0.25, 0.3) is 0 Å². The van der Waals surface area contributed by atoms with E-state index in [0.717, 1.165) is 18.4 Å². The molecule has 5 heteroatoms. The van der Waals surface area contributed by atoms with Crippen molar-refractivity contribution < 1.29 is 9.84 Å². The van der Waals surface area contributed by atoms with E-state index in [9.17, 15) is 5.11 Å². The molecule has 1 aromatic carbocycles. The zero-order valence-electron chi connectivity index (χ0n) is 12.1. The van der Waals surface area contributed by atoms with Crippen molar-refractivity contribution in [3.05, 3.63) is 51.8 Å². The maximum Gasteiger partial charge on any atom is 0.122 e. The number of hydrogen-bond acceptors (Lipinski definition) is 3. The van der Waals surface area contributed by atoms with Gasteiger partial charge in [0, 0.05) is 7.11 Å². The summed E-state index contributed by atoms with van der Waals surface area (Å²) >= 11 is 6.20. The molecule has 112 valence electrons. The van der Waals surface area contributed by atoms with Crippen LogP contribution in [0.2, 0.25) is 5.02 Å². The number of fused-ring (bicyclic) bond motifs is 1. The van der Waals surface area contributed by atoms with Gasteiger partial charge in [0.15, 0.2) is 0 Å². The number of aliphatic hydroxyl groups is 1. The number of aromatic nitrogens is 2. The van der Waals surface area contributed by atoms with Crippen molar-refractivity contribution in [1.29, 1.82) is 0 Å². The molecule has 0 radical (unpaired) electrons. The average molecular weight is 307 g/mol. The van der Waals surface area contributed by atoms with Crippen LogP contribution in [0.15, 0.2) is 24.4 Å². The molecule has 1 unspecified atom stereocenters. The Morgan fingerprint density at radius 1 is 1.38 bits per heavy atom. The van der Waals surface area contributed by atoms with Crippen molar-refractivity contribution in [2.45, 2.75) is 31.9 Å². The van der Waals surface area contributed by atoms with Crippen LogP contribution in [-0.4, -0.2) is 28.6 Å². The van der Waals surface area contributed by atoms with Crippen molar-refractivity contribution in [2.24, 2.45) is 0 Å². The standard InChI is InChI=1S/C16H19ClN2O2/c1-21-8-7-19-15(14(17)10-18-19)16(20)13-6-5-11-3-2-4-12(11)9-13/h5-6,9-10,16,20H,2-4,7-8H2,1H3. The molecule has 1 aromatic heterocycles. The van der Waals surface area contributed by atoms with Crippen molar-refractivity contribution in [2.75, 3.05) is 13.7 Å². The van der Waals surface area contributed by atoms with Crippen LogP contribution in [0, 0.1) is 0 Å². The molecule has 1 aliphatic rings. The van der Waals surface area contributed by atoms with Gasteiger partial charge in [-0.05, 0) is 36.0 Å². The Balaban J connectivity index is 1.91. The predicted molar refractivity (Wildman–Crippen MR) is 81.6 cm³/mol. The molecule has 0 aliphatic heterocycles. The summed E-state index contributed by atoms with van der Waals surface area (Å²) in [6.07, 6.45) is 4.23. The molecule has 1 heterocycles. The second-order valence-electron chi connectivity index (χ2n) is 5.38. The normalized spacial score (nSPS) is 15.2. The van der Waals surface area contributed by atoms with E-state index in [4.69, 9.17) is 16.3 Å². The number of rotatable bonds is 5. The number of methoxy groups -OCH3 is 1. The number of hydrogen-bond donors (Lipinski definition) is 1. The van der Waals surface area contributed by atoms with Gasteiger partial charge in [0.25, 0.3) is 0 Å². The first-order valence-electron chi connectivity index (χ1n) is 7.20. The molecular weight excluding hydrogens is 288 g/mol. The van der Waals surface area contributed by atoms with Gasteiger partial charge in [0.05, 0.1) is 30.1 Å². The predicted octanol–water partition coefficient (Wildman–Crippen LogP) is 2.75. The highest BCUT2D eigenvalue weighted by Crippen LogP contribution is 2.31. The van der Waals surface area contributed by atoms with Gasteiger partial charge in [-0.25, -0.2) is 0 Å². The molecule has 4 nitrogen and oxygen atoms in total. The van der Waals surface area contributed by atoms with E-state index in [1.807, 2.05) is 6.07 Å². The first-order chi connectivity index (χ1) is 10.2.